The van der Waals surface area contributed by atoms with E-state index < -0.39 is 0 Å². The first-order chi connectivity index (χ1) is 8.47. The molecule has 3 heteroatoms. The summed E-state index contributed by atoms with van der Waals surface area (Å²) in [6.45, 7) is 8.54. The molecule has 96 valence electrons. The molecular formula is C15H21N3. The van der Waals surface area contributed by atoms with Crippen molar-refractivity contribution in [3.05, 3.63) is 41.1 Å². The first-order valence-corrected chi connectivity index (χ1v) is 6.39. The van der Waals surface area contributed by atoms with Crippen LogP contribution in [0.4, 0.5) is 5.82 Å². The molecular weight excluding hydrogens is 222 g/mol. The molecule has 0 bridgehead atoms. The van der Waals surface area contributed by atoms with Crippen molar-refractivity contribution < 1.29 is 0 Å². The van der Waals surface area contributed by atoms with Crippen molar-refractivity contribution in [2.75, 3.05) is 5.73 Å². The molecule has 0 saturated carbocycles. The van der Waals surface area contributed by atoms with Crippen LogP contribution >= 0.6 is 0 Å². The maximum Gasteiger partial charge on any atom is 0.127 e. The van der Waals surface area contributed by atoms with E-state index in [0.29, 0.717) is 11.7 Å². The highest BCUT2D eigenvalue weighted by Gasteiger charge is 2.10. The van der Waals surface area contributed by atoms with Gasteiger partial charge in [0, 0.05) is 6.07 Å². The summed E-state index contributed by atoms with van der Waals surface area (Å²) >= 11 is 0. The van der Waals surface area contributed by atoms with Crippen molar-refractivity contribution in [1.82, 2.24) is 9.78 Å². The number of anilines is 1. The van der Waals surface area contributed by atoms with Gasteiger partial charge < -0.3 is 5.73 Å². The lowest BCUT2D eigenvalue weighted by molar-refractivity contribution is 0.628. The summed E-state index contributed by atoms with van der Waals surface area (Å²) in [5.41, 5.74) is 10.6. The second kappa shape index (κ2) is 4.84. The van der Waals surface area contributed by atoms with Crippen LogP contribution in [-0.4, -0.2) is 9.78 Å². The van der Waals surface area contributed by atoms with E-state index in [-0.39, 0.29) is 0 Å². The Morgan fingerprint density at radius 2 is 1.94 bits per heavy atom. The van der Waals surface area contributed by atoms with Gasteiger partial charge in [-0.05, 0) is 43.4 Å². The molecule has 2 aromatic rings. The van der Waals surface area contributed by atoms with Crippen molar-refractivity contribution in [2.45, 2.75) is 34.1 Å². The third-order valence-corrected chi connectivity index (χ3v) is 3.00. The van der Waals surface area contributed by atoms with E-state index in [2.05, 4.69) is 51.0 Å². The fourth-order valence-electron chi connectivity index (χ4n) is 2.11. The molecule has 3 nitrogen and oxygen atoms in total. The highest BCUT2D eigenvalue weighted by molar-refractivity contribution is 5.48. The fourth-order valence-corrected chi connectivity index (χ4v) is 2.11. The number of rotatable bonds is 3. The predicted molar refractivity (Wildman–Crippen MR) is 76.0 cm³/mol. The van der Waals surface area contributed by atoms with Crippen LogP contribution in [0.2, 0.25) is 0 Å². The van der Waals surface area contributed by atoms with Gasteiger partial charge in [0.15, 0.2) is 0 Å². The third kappa shape index (κ3) is 2.55. The molecule has 0 aliphatic heterocycles. The number of hydrogen-bond donors (Lipinski definition) is 1. The Morgan fingerprint density at radius 3 is 2.61 bits per heavy atom. The normalized spacial score (nSPS) is 11.2. The van der Waals surface area contributed by atoms with Gasteiger partial charge in [0.25, 0.3) is 0 Å². The summed E-state index contributed by atoms with van der Waals surface area (Å²) in [5.74, 6) is 1.30. The Labute approximate surface area is 109 Å². The van der Waals surface area contributed by atoms with Crippen molar-refractivity contribution in [2.24, 2.45) is 5.92 Å². The van der Waals surface area contributed by atoms with Crippen LogP contribution in [0.5, 0.6) is 0 Å². The van der Waals surface area contributed by atoms with Crippen molar-refractivity contribution in [1.29, 1.82) is 0 Å². The molecule has 2 N–H and O–H groups in total. The van der Waals surface area contributed by atoms with E-state index in [1.165, 1.54) is 11.1 Å². The Balaban J connectivity index is 2.44. The molecule has 0 spiro atoms. The van der Waals surface area contributed by atoms with Crippen LogP contribution in [0.1, 0.15) is 30.7 Å². The molecule has 0 radical (unpaired) electrons. The maximum atomic E-state index is 6.07. The Morgan fingerprint density at radius 1 is 1.22 bits per heavy atom. The minimum absolute atomic E-state index is 0.589. The molecule has 0 fully saturated rings. The second-order valence-electron chi connectivity index (χ2n) is 5.36. The van der Waals surface area contributed by atoms with Gasteiger partial charge in [-0.1, -0.05) is 26.0 Å². The van der Waals surface area contributed by atoms with Crippen LogP contribution in [-0.2, 0) is 6.42 Å². The average Bonchev–Trinajstić information content (AvgIpc) is 2.62. The molecule has 0 atom stereocenters. The summed E-state index contributed by atoms with van der Waals surface area (Å²) in [6, 6.07) is 8.31. The number of nitrogens with zero attached hydrogens (tertiary/aromatic N) is 2. The highest BCUT2D eigenvalue weighted by Crippen LogP contribution is 2.20. The molecule has 0 amide bonds. The first kappa shape index (κ1) is 12.7. The number of nitrogen functional groups attached to an aromatic ring is 1. The topological polar surface area (TPSA) is 43.8 Å². The lowest BCUT2D eigenvalue weighted by Gasteiger charge is -2.08. The van der Waals surface area contributed by atoms with Crippen LogP contribution in [0, 0.1) is 19.8 Å². The Bertz CT molecular complexity index is 553. The van der Waals surface area contributed by atoms with E-state index >= 15 is 0 Å². The van der Waals surface area contributed by atoms with Gasteiger partial charge in [-0.25, -0.2) is 4.68 Å². The summed E-state index contributed by atoms with van der Waals surface area (Å²) < 4.78 is 1.85. The van der Waals surface area contributed by atoms with E-state index in [1.807, 2.05) is 10.7 Å². The first-order valence-electron chi connectivity index (χ1n) is 6.39. The van der Waals surface area contributed by atoms with Crippen molar-refractivity contribution in [3.8, 4) is 5.69 Å². The largest absolute Gasteiger partial charge is 0.384 e. The number of hydrogen-bond acceptors (Lipinski definition) is 2. The van der Waals surface area contributed by atoms with Crippen LogP contribution in [0.3, 0.4) is 0 Å². The SMILES string of the molecule is Cc1ccc(C)c(-n2nc(CC(C)C)cc2N)c1. The van der Waals surface area contributed by atoms with Gasteiger partial charge in [0.2, 0.25) is 0 Å². The van der Waals surface area contributed by atoms with Gasteiger partial charge >= 0.3 is 0 Å². The van der Waals surface area contributed by atoms with Gasteiger partial charge in [-0.15, -0.1) is 0 Å². The highest BCUT2D eigenvalue weighted by atomic mass is 15.3. The molecule has 0 unspecified atom stereocenters. The Kier molecular flexibility index (Phi) is 3.41. The van der Waals surface area contributed by atoms with Crippen molar-refractivity contribution >= 4 is 5.82 Å². The third-order valence-electron chi connectivity index (χ3n) is 3.00. The van der Waals surface area contributed by atoms with E-state index in [9.17, 15) is 0 Å². The van der Waals surface area contributed by atoms with Gasteiger partial charge in [0.05, 0.1) is 11.4 Å². The zero-order valence-electron chi connectivity index (χ0n) is 11.6. The molecule has 1 heterocycles. The van der Waals surface area contributed by atoms with Crippen LogP contribution in [0.15, 0.2) is 24.3 Å². The molecule has 1 aromatic heterocycles. The Hall–Kier alpha value is -1.77. The maximum absolute atomic E-state index is 6.07. The number of nitrogens with two attached hydrogens (primary N) is 1. The van der Waals surface area contributed by atoms with E-state index in [0.717, 1.165) is 17.8 Å². The van der Waals surface area contributed by atoms with Gasteiger partial charge in [-0.2, -0.15) is 5.10 Å². The predicted octanol–water partition coefficient (Wildman–Crippen LogP) is 3.27. The summed E-state index contributed by atoms with van der Waals surface area (Å²) in [4.78, 5) is 0. The smallest absolute Gasteiger partial charge is 0.127 e. The number of benzene rings is 1. The lowest BCUT2D eigenvalue weighted by Crippen LogP contribution is -2.04. The van der Waals surface area contributed by atoms with E-state index in [4.69, 9.17) is 5.73 Å². The molecule has 1 aromatic carbocycles. The monoisotopic (exact) mass is 243 g/mol. The molecule has 0 aliphatic carbocycles. The quantitative estimate of drug-likeness (QED) is 0.899. The molecule has 18 heavy (non-hydrogen) atoms. The van der Waals surface area contributed by atoms with Crippen LogP contribution in [0.25, 0.3) is 5.69 Å². The fraction of sp³-hybridized carbons (Fsp3) is 0.400. The summed E-state index contributed by atoms with van der Waals surface area (Å²) in [7, 11) is 0. The minimum Gasteiger partial charge on any atom is -0.384 e. The van der Waals surface area contributed by atoms with Crippen LogP contribution < -0.4 is 5.73 Å². The minimum atomic E-state index is 0.589. The zero-order chi connectivity index (χ0) is 13.3. The average molecular weight is 243 g/mol. The standard InChI is InChI=1S/C15H21N3/c1-10(2)7-13-9-15(16)18(17-13)14-8-11(3)5-6-12(14)4/h5-6,8-10H,7,16H2,1-4H3. The summed E-state index contributed by atoms with van der Waals surface area (Å²) in [5, 5.41) is 4.61. The number of aromatic nitrogens is 2. The molecule has 2 rings (SSSR count). The second-order valence-corrected chi connectivity index (χ2v) is 5.36. The van der Waals surface area contributed by atoms with Gasteiger partial charge in [0.1, 0.15) is 5.82 Å². The van der Waals surface area contributed by atoms with Gasteiger partial charge in [-0.3, -0.25) is 0 Å². The molecule has 0 saturated heterocycles. The van der Waals surface area contributed by atoms with Crippen molar-refractivity contribution in [3.63, 3.8) is 0 Å². The zero-order valence-corrected chi connectivity index (χ0v) is 11.6. The number of aryl methyl sites for hydroxylation is 2. The lowest BCUT2D eigenvalue weighted by atomic mass is 10.1. The summed E-state index contributed by atoms with van der Waals surface area (Å²) in [6.07, 6.45) is 0.960. The molecule has 0 aliphatic rings. The van der Waals surface area contributed by atoms with E-state index in [1.54, 1.807) is 0 Å².